The van der Waals surface area contributed by atoms with Gasteiger partial charge in [0, 0.05) is 24.3 Å². The predicted octanol–water partition coefficient (Wildman–Crippen LogP) is 2.71. The third-order valence-corrected chi connectivity index (χ3v) is 2.82. The van der Waals surface area contributed by atoms with E-state index in [4.69, 9.17) is 0 Å². The van der Waals surface area contributed by atoms with Crippen molar-refractivity contribution in [3.63, 3.8) is 0 Å². The average Bonchev–Trinajstić information content (AvgIpc) is 2.79. The minimum absolute atomic E-state index is 0.228. The summed E-state index contributed by atoms with van der Waals surface area (Å²) in [6.07, 6.45) is 1.66. The molecule has 1 aromatic carbocycles. The van der Waals surface area contributed by atoms with Crippen molar-refractivity contribution in [2.24, 2.45) is 0 Å². The second-order valence-corrected chi connectivity index (χ2v) is 4.75. The van der Waals surface area contributed by atoms with Crippen molar-refractivity contribution in [1.29, 1.82) is 0 Å². The van der Waals surface area contributed by atoms with Gasteiger partial charge in [0.1, 0.15) is 11.6 Å². The third kappa shape index (κ3) is 3.61. The van der Waals surface area contributed by atoms with Gasteiger partial charge in [-0.25, -0.2) is 8.78 Å². The van der Waals surface area contributed by atoms with Gasteiger partial charge in [0.05, 0.1) is 12.2 Å². The first-order chi connectivity index (χ1) is 9.06. The van der Waals surface area contributed by atoms with Crippen LogP contribution in [0.25, 0.3) is 0 Å². The fraction of sp³-hybridized carbons (Fsp3) is 0.357. The van der Waals surface area contributed by atoms with Crippen molar-refractivity contribution in [3.8, 4) is 0 Å². The summed E-state index contributed by atoms with van der Waals surface area (Å²) < 4.78 is 28.4. The monoisotopic (exact) mass is 265 g/mol. The van der Waals surface area contributed by atoms with Gasteiger partial charge in [-0.05, 0) is 24.3 Å². The molecule has 3 nitrogen and oxygen atoms in total. The number of rotatable bonds is 5. The smallest absolute Gasteiger partial charge is 0.128 e. The van der Waals surface area contributed by atoms with Crippen LogP contribution >= 0.6 is 0 Å². The van der Waals surface area contributed by atoms with Gasteiger partial charge < -0.3 is 5.32 Å². The maximum Gasteiger partial charge on any atom is 0.128 e. The molecule has 0 aliphatic rings. The van der Waals surface area contributed by atoms with E-state index in [2.05, 4.69) is 10.4 Å². The van der Waals surface area contributed by atoms with Crippen LogP contribution in [0.4, 0.5) is 8.78 Å². The lowest BCUT2D eigenvalue weighted by molar-refractivity contribution is 0.531. The molecule has 0 fully saturated rings. The van der Waals surface area contributed by atoms with Gasteiger partial charge >= 0.3 is 0 Å². The fourth-order valence-corrected chi connectivity index (χ4v) is 1.79. The molecule has 0 aliphatic carbocycles. The number of hydrogen-bond donors (Lipinski definition) is 1. The molecule has 5 heteroatoms. The van der Waals surface area contributed by atoms with Crippen molar-refractivity contribution in [2.75, 3.05) is 0 Å². The normalized spacial score (nSPS) is 11.2. The van der Waals surface area contributed by atoms with Gasteiger partial charge in [-0.15, -0.1) is 0 Å². The molecule has 0 spiro atoms. The summed E-state index contributed by atoms with van der Waals surface area (Å²) in [6.45, 7) is 4.97. The summed E-state index contributed by atoms with van der Waals surface area (Å²) in [4.78, 5) is 0. The molecule has 0 unspecified atom stereocenters. The molecular weight excluding hydrogens is 248 g/mol. The van der Waals surface area contributed by atoms with Gasteiger partial charge in [0.15, 0.2) is 0 Å². The lowest BCUT2D eigenvalue weighted by atomic mass is 10.2. The van der Waals surface area contributed by atoms with Crippen LogP contribution in [-0.4, -0.2) is 15.8 Å². The van der Waals surface area contributed by atoms with E-state index in [1.54, 1.807) is 10.9 Å². The van der Waals surface area contributed by atoms with Crippen molar-refractivity contribution in [2.45, 2.75) is 33.0 Å². The molecule has 0 saturated heterocycles. The van der Waals surface area contributed by atoms with E-state index in [0.29, 0.717) is 18.2 Å². The first-order valence-corrected chi connectivity index (χ1v) is 6.24. The minimum atomic E-state index is -0.439. The third-order valence-electron chi connectivity index (χ3n) is 2.82. The van der Waals surface area contributed by atoms with Crippen LogP contribution in [-0.2, 0) is 13.1 Å². The Hall–Kier alpha value is -1.75. The second kappa shape index (κ2) is 5.93. The van der Waals surface area contributed by atoms with Crippen LogP contribution in [0.5, 0.6) is 0 Å². The number of hydrogen-bond acceptors (Lipinski definition) is 2. The van der Waals surface area contributed by atoms with Crippen molar-refractivity contribution < 1.29 is 8.78 Å². The zero-order chi connectivity index (χ0) is 13.8. The zero-order valence-electron chi connectivity index (χ0n) is 11.0. The summed E-state index contributed by atoms with van der Waals surface area (Å²) in [5, 5.41) is 7.42. The molecule has 2 aromatic rings. The zero-order valence-corrected chi connectivity index (χ0v) is 11.0. The Morgan fingerprint density at radius 1 is 1.26 bits per heavy atom. The Bertz CT molecular complexity index is 549. The van der Waals surface area contributed by atoms with Crippen molar-refractivity contribution in [1.82, 2.24) is 15.1 Å². The van der Waals surface area contributed by atoms with Crippen LogP contribution < -0.4 is 5.32 Å². The van der Waals surface area contributed by atoms with Gasteiger partial charge in [-0.3, -0.25) is 4.68 Å². The largest absolute Gasteiger partial charge is 0.309 e. The molecule has 0 amide bonds. The van der Waals surface area contributed by atoms with Gasteiger partial charge in [-0.2, -0.15) is 5.10 Å². The van der Waals surface area contributed by atoms with Crippen LogP contribution in [0.1, 0.15) is 25.1 Å². The first kappa shape index (κ1) is 13.7. The molecule has 2 rings (SSSR count). The predicted molar refractivity (Wildman–Crippen MR) is 69.7 cm³/mol. The van der Waals surface area contributed by atoms with Crippen LogP contribution in [0.2, 0.25) is 0 Å². The molecule has 1 aromatic heterocycles. The molecule has 0 atom stereocenters. The highest BCUT2D eigenvalue weighted by Gasteiger charge is 2.08. The molecule has 1 N–H and O–H groups in total. The Labute approximate surface area is 111 Å². The highest BCUT2D eigenvalue weighted by atomic mass is 19.1. The maximum absolute atomic E-state index is 13.6. The Kier molecular flexibility index (Phi) is 4.27. The topological polar surface area (TPSA) is 29.9 Å². The minimum Gasteiger partial charge on any atom is -0.309 e. The molecule has 0 radical (unpaired) electrons. The lowest BCUT2D eigenvalue weighted by Gasteiger charge is -2.11. The lowest BCUT2D eigenvalue weighted by Crippen LogP contribution is -2.24. The Balaban J connectivity index is 2.15. The molecule has 0 bridgehead atoms. The number of nitrogens with zero attached hydrogens (tertiary/aromatic N) is 2. The molecule has 19 heavy (non-hydrogen) atoms. The number of halogens is 2. The van der Waals surface area contributed by atoms with Crippen molar-refractivity contribution in [3.05, 3.63) is 53.4 Å². The summed E-state index contributed by atoms with van der Waals surface area (Å²) in [6, 6.07) is 5.68. The van der Waals surface area contributed by atoms with E-state index in [9.17, 15) is 8.78 Å². The maximum atomic E-state index is 13.6. The SMILES string of the molecule is CC(C)NCc1ccnn1Cc1cc(F)ccc1F. The number of benzene rings is 1. The fourth-order valence-electron chi connectivity index (χ4n) is 1.79. The van der Waals surface area contributed by atoms with Gasteiger partial charge in [0.2, 0.25) is 0 Å². The Morgan fingerprint density at radius 2 is 2.05 bits per heavy atom. The summed E-state index contributed by atoms with van der Waals surface area (Å²) in [5.74, 6) is -0.856. The summed E-state index contributed by atoms with van der Waals surface area (Å²) in [5.41, 5.74) is 1.24. The van der Waals surface area contributed by atoms with Crippen molar-refractivity contribution >= 4 is 0 Å². The van der Waals surface area contributed by atoms with E-state index in [1.807, 2.05) is 19.9 Å². The molecular formula is C14H17F2N3. The second-order valence-electron chi connectivity index (χ2n) is 4.75. The van der Waals surface area contributed by atoms with Crippen LogP contribution in [0, 0.1) is 11.6 Å². The quantitative estimate of drug-likeness (QED) is 0.900. The molecule has 0 aliphatic heterocycles. The molecule has 1 heterocycles. The average molecular weight is 265 g/mol. The molecule has 0 saturated carbocycles. The van der Waals surface area contributed by atoms with Gasteiger partial charge in [-0.1, -0.05) is 13.8 Å². The van der Waals surface area contributed by atoms with E-state index < -0.39 is 11.6 Å². The Morgan fingerprint density at radius 3 is 2.79 bits per heavy atom. The van der Waals surface area contributed by atoms with E-state index in [1.165, 1.54) is 6.07 Å². The van der Waals surface area contributed by atoms with E-state index in [0.717, 1.165) is 17.8 Å². The standard InChI is InChI=1S/C14H17F2N3/c1-10(2)17-8-13-5-6-18-19(13)9-11-7-12(15)3-4-14(11)16/h3-7,10,17H,8-9H2,1-2H3. The van der Waals surface area contributed by atoms with Gasteiger partial charge in [0.25, 0.3) is 0 Å². The molecule has 102 valence electrons. The highest BCUT2D eigenvalue weighted by molar-refractivity contribution is 5.19. The van der Waals surface area contributed by atoms with Crippen LogP contribution in [0.15, 0.2) is 30.5 Å². The first-order valence-electron chi connectivity index (χ1n) is 6.24. The van der Waals surface area contributed by atoms with Crippen LogP contribution in [0.3, 0.4) is 0 Å². The summed E-state index contributed by atoms with van der Waals surface area (Å²) >= 11 is 0. The number of nitrogens with one attached hydrogen (secondary N) is 1. The number of aromatic nitrogens is 2. The summed E-state index contributed by atoms with van der Waals surface area (Å²) in [7, 11) is 0. The van der Waals surface area contributed by atoms with E-state index >= 15 is 0 Å². The van der Waals surface area contributed by atoms with E-state index in [-0.39, 0.29) is 6.54 Å². The highest BCUT2D eigenvalue weighted by Crippen LogP contribution is 2.12.